The van der Waals surface area contributed by atoms with E-state index in [-0.39, 0.29) is 5.91 Å². The summed E-state index contributed by atoms with van der Waals surface area (Å²) < 4.78 is 0. The highest BCUT2D eigenvalue weighted by Crippen LogP contribution is 2.10. The van der Waals surface area contributed by atoms with Crippen LogP contribution in [0.25, 0.3) is 0 Å². The predicted molar refractivity (Wildman–Crippen MR) is 75.1 cm³/mol. The SMILES string of the molecule is CCCN(CC(=O)N(C)C)Cc1cccc(N)c1. The minimum Gasteiger partial charge on any atom is -0.399 e. The third-order valence-electron chi connectivity index (χ3n) is 2.75. The molecule has 4 heteroatoms. The molecule has 1 aromatic rings. The summed E-state index contributed by atoms with van der Waals surface area (Å²) >= 11 is 0. The highest BCUT2D eigenvalue weighted by atomic mass is 16.2. The standard InChI is InChI=1S/C14H23N3O/c1-4-8-17(11-14(18)16(2)3)10-12-6-5-7-13(15)9-12/h5-7,9H,4,8,10-11,15H2,1-3H3. The summed E-state index contributed by atoms with van der Waals surface area (Å²) in [6.07, 6.45) is 1.03. The Balaban J connectivity index is 2.65. The zero-order valence-corrected chi connectivity index (χ0v) is 11.5. The Kier molecular flexibility index (Phi) is 5.65. The van der Waals surface area contributed by atoms with Gasteiger partial charge in [-0.2, -0.15) is 0 Å². The van der Waals surface area contributed by atoms with Gasteiger partial charge in [0.25, 0.3) is 0 Å². The lowest BCUT2D eigenvalue weighted by atomic mass is 10.2. The first kappa shape index (κ1) is 14.5. The van der Waals surface area contributed by atoms with Crippen LogP contribution in [0.3, 0.4) is 0 Å². The Morgan fingerprint density at radius 2 is 2.06 bits per heavy atom. The number of benzene rings is 1. The van der Waals surface area contributed by atoms with Gasteiger partial charge in [-0.25, -0.2) is 0 Å². The van der Waals surface area contributed by atoms with Gasteiger partial charge in [0.05, 0.1) is 6.54 Å². The topological polar surface area (TPSA) is 49.6 Å². The summed E-state index contributed by atoms with van der Waals surface area (Å²) in [6.45, 7) is 4.25. The molecule has 0 radical (unpaired) electrons. The molecule has 0 aliphatic heterocycles. The van der Waals surface area contributed by atoms with E-state index >= 15 is 0 Å². The molecule has 2 N–H and O–H groups in total. The number of anilines is 1. The maximum Gasteiger partial charge on any atom is 0.236 e. The van der Waals surface area contributed by atoms with Crippen LogP contribution in [0, 0.1) is 0 Å². The summed E-state index contributed by atoms with van der Waals surface area (Å²) in [6, 6.07) is 7.82. The van der Waals surface area contributed by atoms with Crippen LogP contribution in [0.5, 0.6) is 0 Å². The van der Waals surface area contributed by atoms with Crippen molar-refractivity contribution in [1.29, 1.82) is 0 Å². The highest BCUT2D eigenvalue weighted by Gasteiger charge is 2.12. The lowest BCUT2D eigenvalue weighted by Gasteiger charge is -2.23. The molecule has 0 spiro atoms. The fourth-order valence-electron chi connectivity index (χ4n) is 1.81. The smallest absolute Gasteiger partial charge is 0.236 e. The third-order valence-corrected chi connectivity index (χ3v) is 2.75. The molecule has 1 aromatic carbocycles. The number of amides is 1. The van der Waals surface area contributed by atoms with Gasteiger partial charge in [-0.1, -0.05) is 19.1 Å². The average molecular weight is 249 g/mol. The minimum absolute atomic E-state index is 0.132. The van der Waals surface area contributed by atoms with Crippen LogP contribution in [-0.2, 0) is 11.3 Å². The van der Waals surface area contributed by atoms with Crippen LogP contribution >= 0.6 is 0 Å². The monoisotopic (exact) mass is 249 g/mol. The van der Waals surface area contributed by atoms with E-state index in [0.717, 1.165) is 30.8 Å². The molecule has 0 unspecified atom stereocenters. The number of likely N-dealkylation sites (N-methyl/N-ethyl adjacent to an activating group) is 1. The average Bonchev–Trinajstić information content (AvgIpc) is 2.29. The summed E-state index contributed by atoms with van der Waals surface area (Å²) in [4.78, 5) is 15.5. The number of nitrogen functional groups attached to an aromatic ring is 1. The first-order valence-electron chi connectivity index (χ1n) is 6.30. The van der Waals surface area contributed by atoms with Gasteiger partial charge in [0.2, 0.25) is 5.91 Å². The second-order valence-corrected chi connectivity index (χ2v) is 4.74. The molecular weight excluding hydrogens is 226 g/mol. The molecule has 0 heterocycles. The van der Waals surface area contributed by atoms with Gasteiger partial charge in [0, 0.05) is 26.3 Å². The molecule has 0 aliphatic carbocycles. The Morgan fingerprint density at radius 3 is 2.61 bits per heavy atom. The van der Waals surface area contributed by atoms with E-state index in [1.54, 1.807) is 19.0 Å². The molecule has 0 atom stereocenters. The van der Waals surface area contributed by atoms with Crippen molar-refractivity contribution in [2.24, 2.45) is 0 Å². The molecule has 0 aliphatic rings. The largest absolute Gasteiger partial charge is 0.399 e. The van der Waals surface area contributed by atoms with Gasteiger partial charge >= 0.3 is 0 Å². The first-order valence-corrected chi connectivity index (χ1v) is 6.30. The van der Waals surface area contributed by atoms with Gasteiger partial charge < -0.3 is 10.6 Å². The lowest BCUT2D eigenvalue weighted by molar-refractivity contribution is -0.130. The van der Waals surface area contributed by atoms with Crippen molar-refractivity contribution in [3.05, 3.63) is 29.8 Å². The Morgan fingerprint density at radius 1 is 1.33 bits per heavy atom. The van der Waals surface area contributed by atoms with Crippen molar-refractivity contribution in [3.63, 3.8) is 0 Å². The van der Waals surface area contributed by atoms with Crippen molar-refractivity contribution in [3.8, 4) is 0 Å². The number of hydrogen-bond donors (Lipinski definition) is 1. The molecule has 100 valence electrons. The van der Waals surface area contributed by atoms with Crippen molar-refractivity contribution < 1.29 is 4.79 Å². The Bertz CT molecular complexity index is 390. The summed E-state index contributed by atoms with van der Waals surface area (Å²) in [5.74, 6) is 0.132. The van der Waals surface area contributed by atoms with Gasteiger partial charge in [-0.05, 0) is 30.7 Å². The van der Waals surface area contributed by atoms with E-state index < -0.39 is 0 Å². The van der Waals surface area contributed by atoms with Crippen LogP contribution in [-0.4, -0.2) is 42.9 Å². The van der Waals surface area contributed by atoms with E-state index in [4.69, 9.17) is 5.73 Å². The van der Waals surface area contributed by atoms with Crippen LogP contribution in [0.1, 0.15) is 18.9 Å². The van der Waals surface area contributed by atoms with Crippen molar-refractivity contribution in [2.75, 3.05) is 32.9 Å². The molecule has 1 amide bonds. The van der Waals surface area contributed by atoms with Gasteiger partial charge in [-0.3, -0.25) is 9.69 Å². The van der Waals surface area contributed by atoms with Crippen LogP contribution < -0.4 is 5.73 Å². The van der Waals surface area contributed by atoms with Crippen molar-refractivity contribution >= 4 is 11.6 Å². The number of carbonyl (C=O) groups is 1. The van der Waals surface area contributed by atoms with E-state index in [9.17, 15) is 4.79 Å². The number of nitrogens with zero attached hydrogens (tertiary/aromatic N) is 2. The Labute approximate surface area is 109 Å². The molecule has 4 nitrogen and oxygen atoms in total. The zero-order chi connectivity index (χ0) is 13.5. The molecule has 1 rings (SSSR count). The molecular formula is C14H23N3O. The first-order chi connectivity index (χ1) is 8.52. The normalized spacial score (nSPS) is 10.7. The number of hydrogen-bond acceptors (Lipinski definition) is 3. The Hall–Kier alpha value is -1.55. The summed E-state index contributed by atoms with van der Waals surface area (Å²) in [5, 5.41) is 0. The predicted octanol–water partition coefficient (Wildman–Crippen LogP) is 1.57. The quantitative estimate of drug-likeness (QED) is 0.779. The van der Waals surface area contributed by atoms with E-state index in [1.165, 1.54) is 0 Å². The maximum absolute atomic E-state index is 11.7. The summed E-state index contributed by atoms with van der Waals surface area (Å²) in [7, 11) is 3.57. The van der Waals surface area contributed by atoms with E-state index in [2.05, 4.69) is 11.8 Å². The molecule has 0 saturated carbocycles. The van der Waals surface area contributed by atoms with Crippen molar-refractivity contribution in [1.82, 2.24) is 9.80 Å². The second kappa shape index (κ2) is 7.01. The lowest BCUT2D eigenvalue weighted by Crippen LogP contribution is -2.36. The fraction of sp³-hybridized carbons (Fsp3) is 0.500. The summed E-state index contributed by atoms with van der Waals surface area (Å²) in [5.41, 5.74) is 7.68. The van der Waals surface area contributed by atoms with Crippen LogP contribution in [0.2, 0.25) is 0 Å². The number of carbonyl (C=O) groups excluding carboxylic acids is 1. The second-order valence-electron chi connectivity index (χ2n) is 4.74. The number of rotatable bonds is 6. The highest BCUT2D eigenvalue weighted by molar-refractivity contribution is 5.77. The van der Waals surface area contributed by atoms with Crippen LogP contribution in [0.4, 0.5) is 5.69 Å². The minimum atomic E-state index is 0.132. The molecule has 0 bridgehead atoms. The van der Waals surface area contributed by atoms with Crippen LogP contribution in [0.15, 0.2) is 24.3 Å². The van der Waals surface area contributed by atoms with E-state index in [0.29, 0.717) is 6.54 Å². The molecule has 0 fully saturated rings. The maximum atomic E-state index is 11.7. The number of nitrogens with two attached hydrogens (primary N) is 1. The third kappa shape index (κ3) is 4.75. The fourth-order valence-corrected chi connectivity index (χ4v) is 1.81. The zero-order valence-electron chi connectivity index (χ0n) is 11.5. The molecule has 18 heavy (non-hydrogen) atoms. The van der Waals surface area contributed by atoms with E-state index in [1.807, 2.05) is 24.3 Å². The van der Waals surface area contributed by atoms with Crippen molar-refractivity contribution in [2.45, 2.75) is 19.9 Å². The van der Waals surface area contributed by atoms with Gasteiger partial charge in [-0.15, -0.1) is 0 Å². The van der Waals surface area contributed by atoms with Gasteiger partial charge in [0.15, 0.2) is 0 Å². The van der Waals surface area contributed by atoms with Gasteiger partial charge in [0.1, 0.15) is 0 Å². The molecule has 0 aromatic heterocycles. The molecule has 0 saturated heterocycles.